The first kappa shape index (κ1) is 18.9. The van der Waals surface area contributed by atoms with Gasteiger partial charge in [0, 0.05) is 44.1 Å². The molecular formula is C22H20N2O5. The normalized spacial score (nSPS) is 17.8. The molecule has 0 unspecified atom stereocenters. The van der Waals surface area contributed by atoms with Crippen LogP contribution in [-0.4, -0.2) is 40.2 Å². The molecule has 1 saturated heterocycles. The molecule has 148 valence electrons. The molecule has 1 amide bonds. The molecule has 7 nitrogen and oxygen atoms in total. The Kier molecular flexibility index (Phi) is 4.88. The smallest absolute Gasteiger partial charge is 0.270 e. The molecule has 1 fully saturated rings. The number of piperidine rings is 1. The summed E-state index contributed by atoms with van der Waals surface area (Å²) in [5, 5.41) is 10.9. The Morgan fingerprint density at radius 3 is 2.66 bits per heavy atom. The monoisotopic (exact) mass is 392 g/mol. The van der Waals surface area contributed by atoms with Crippen molar-refractivity contribution in [3.63, 3.8) is 0 Å². The van der Waals surface area contributed by atoms with Crippen LogP contribution < -0.4 is 4.74 Å². The summed E-state index contributed by atoms with van der Waals surface area (Å²) in [5.74, 6) is 0.542. The summed E-state index contributed by atoms with van der Waals surface area (Å²) in [6.07, 6.45) is 4.51. The van der Waals surface area contributed by atoms with Gasteiger partial charge in [-0.25, -0.2) is 0 Å². The molecule has 4 rings (SSSR count). The van der Waals surface area contributed by atoms with Crippen LogP contribution in [0.4, 0.5) is 5.69 Å². The summed E-state index contributed by atoms with van der Waals surface area (Å²) in [6.45, 7) is 0.987. The van der Waals surface area contributed by atoms with E-state index in [4.69, 9.17) is 4.74 Å². The van der Waals surface area contributed by atoms with E-state index in [2.05, 4.69) is 0 Å². The molecule has 0 aliphatic carbocycles. The molecule has 0 radical (unpaired) electrons. The molecule has 1 spiro atoms. The van der Waals surface area contributed by atoms with E-state index in [0.29, 0.717) is 49.2 Å². The number of non-ortho nitro benzene ring substituents is 1. The predicted octanol–water partition coefficient (Wildman–Crippen LogP) is 3.63. The second-order valence-corrected chi connectivity index (χ2v) is 7.39. The summed E-state index contributed by atoms with van der Waals surface area (Å²) >= 11 is 0. The van der Waals surface area contributed by atoms with Crippen LogP contribution in [0.15, 0.2) is 54.6 Å². The van der Waals surface area contributed by atoms with Crippen LogP contribution in [0.25, 0.3) is 6.08 Å². The van der Waals surface area contributed by atoms with Gasteiger partial charge in [-0.1, -0.05) is 24.3 Å². The average molecular weight is 392 g/mol. The van der Waals surface area contributed by atoms with E-state index < -0.39 is 10.5 Å². The Morgan fingerprint density at radius 2 is 1.90 bits per heavy atom. The minimum absolute atomic E-state index is 0.0149. The van der Waals surface area contributed by atoms with Crippen LogP contribution in [0.1, 0.15) is 35.2 Å². The number of nitrogens with zero attached hydrogens (tertiary/aromatic N) is 2. The van der Waals surface area contributed by atoms with Gasteiger partial charge in [0.05, 0.1) is 16.9 Å². The van der Waals surface area contributed by atoms with Crippen LogP contribution in [0, 0.1) is 10.1 Å². The highest BCUT2D eigenvalue weighted by Crippen LogP contribution is 2.39. The lowest BCUT2D eigenvalue weighted by Crippen LogP contribution is -2.52. The maximum atomic E-state index is 12.5. The van der Waals surface area contributed by atoms with E-state index in [1.807, 2.05) is 18.2 Å². The van der Waals surface area contributed by atoms with Gasteiger partial charge in [-0.3, -0.25) is 19.7 Å². The molecule has 2 aliphatic rings. The topological polar surface area (TPSA) is 89.8 Å². The van der Waals surface area contributed by atoms with Crippen molar-refractivity contribution >= 4 is 23.5 Å². The zero-order chi connectivity index (χ0) is 20.4. The minimum atomic E-state index is -0.550. The third-order valence-corrected chi connectivity index (χ3v) is 5.48. The Balaban J connectivity index is 1.40. The molecule has 2 aromatic rings. The lowest BCUT2D eigenvalue weighted by Gasteiger charge is -2.43. The molecular weight excluding hydrogens is 372 g/mol. The van der Waals surface area contributed by atoms with E-state index in [9.17, 15) is 19.7 Å². The summed E-state index contributed by atoms with van der Waals surface area (Å²) < 4.78 is 6.18. The second-order valence-electron chi connectivity index (χ2n) is 7.39. The summed E-state index contributed by atoms with van der Waals surface area (Å²) in [4.78, 5) is 37.1. The molecule has 7 heteroatoms. The van der Waals surface area contributed by atoms with Gasteiger partial charge >= 0.3 is 0 Å². The fraction of sp³-hybridized carbons (Fsp3) is 0.273. The van der Waals surface area contributed by atoms with Gasteiger partial charge in [0.15, 0.2) is 5.78 Å². The van der Waals surface area contributed by atoms with E-state index in [1.54, 1.807) is 29.2 Å². The predicted molar refractivity (Wildman–Crippen MR) is 107 cm³/mol. The fourth-order valence-corrected chi connectivity index (χ4v) is 3.87. The number of fused-ring (bicyclic) bond motifs is 1. The number of ether oxygens (including phenoxy) is 1. The number of nitro benzene ring substituents is 1. The molecule has 2 aromatic carbocycles. The molecule has 0 saturated carbocycles. The molecule has 2 aliphatic heterocycles. The molecule has 0 atom stereocenters. The first-order valence-electron chi connectivity index (χ1n) is 9.48. The number of likely N-dealkylation sites (tertiary alicyclic amines) is 1. The summed E-state index contributed by atoms with van der Waals surface area (Å²) in [7, 11) is 0. The standard InChI is InChI=1S/C22H20N2O5/c25-19-15-22(29-20-7-2-1-6-18(19)20)10-12-23(13-11-22)21(26)9-8-16-4-3-5-17(14-16)24(27)28/h1-9,14H,10-13,15H2/b9-8+. The van der Waals surface area contributed by atoms with Crippen molar-refractivity contribution in [2.75, 3.05) is 13.1 Å². The van der Waals surface area contributed by atoms with Gasteiger partial charge in [0.25, 0.3) is 5.69 Å². The maximum Gasteiger partial charge on any atom is 0.270 e. The Morgan fingerprint density at radius 1 is 1.14 bits per heavy atom. The Labute approximate surface area is 167 Å². The van der Waals surface area contributed by atoms with Gasteiger partial charge in [-0.2, -0.15) is 0 Å². The fourth-order valence-electron chi connectivity index (χ4n) is 3.87. The first-order valence-corrected chi connectivity index (χ1v) is 9.48. The first-order chi connectivity index (χ1) is 14.0. The molecule has 0 N–H and O–H groups in total. The maximum absolute atomic E-state index is 12.5. The largest absolute Gasteiger partial charge is 0.486 e. The third-order valence-electron chi connectivity index (χ3n) is 5.48. The van der Waals surface area contributed by atoms with Gasteiger partial charge in [-0.05, 0) is 23.8 Å². The van der Waals surface area contributed by atoms with E-state index in [0.717, 1.165) is 0 Å². The second kappa shape index (κ2) is 7.50. The van der Waals surface area contributed by atoms with Crippen molar-refractivity contribution in [3.05, 3.63) is 75.8 Å². The SMILES string of the molecule is O=C1CC2(CCN(C(=O)/C=C/c3cccc([N+](=O)[O-])c3)CC2)Oc2ccccc21. The quantitative estimate of drug-likeness (QED) is 0.452. The highest BCUT2D eigenvalue weighted by Gasteiger charge is 2.43. The molecule has 2 heterocycles. The lowest BCUT2D eigenvalue weighted by molar-refractivity contribution is -0.384. The van der Waals surface area contributed by atoms with Crippen LogP contribution >= 0.6 is 0 Å². The van der Waals surface area contributed by atoms with Crippen LogP contribution in [-0.2, 0) is 4.79 Å². The minimum Gasteiger partial charge on any atom is -0.486 e. The van der Waals surface area contributed by atoms with E-state index in [-0.39, 0.29) is 17.4 Å². The van der Waals surface area contributed by atoms with Crippen molar-refractivity contribution in [1.29, 1.82) is 0 Å². The number of nitro groups is 1. The Bertz CT molecular complexity index is 1010. The van der Waals surface area contributed by atoms with E-state index in [1.165, 1.54) is 18.2 Å². The van der Waals surface area contributed by atoms with Crippen LogP contribution in [0.5, 0.6) is 5.75 Å². The average Bonchev–Trinajstić information content (AvgIpc) is 2.73. The zero-order valence-electron chi connectivity index (χ0n) is 15.7. The number of rotatable bonds is 3. The van der Waals surface area contributed by atoms with Crippen molar-refractivity contribution in [2.24, 2.45) is 0 Å². The van der Waals surface area contributed by atoms with Gasteiger partial charge in [0.1, 0.15) is 11.4 Å². The zero-order valence-corrected chi connectivity index (χ0v) is 15.7. The summed E-state index contributed by atoms with van der Waals surface area (Å²) in [5.41, 5.74) is 0.653. The Hall–Kier alpha value is -3.48. The molecule has 0 bridgehead atoms. The number of hydrogen-bond acceptors (Lipinski definition) is 5. The number of carbonyl (C=O) groups is 2. The number of hydrogen-bond donors (Lipinski definition) is 0. The lowest BCUT2D eigenvalue weighted by atomic mass is 9.82. The van der Waals surface area contributed by atoms with Crippen LogP contribution in [0.2, 0.25) is 0 Å². The number of amides is 1. The van der Waals surface area contributed by atoms with Crippen molar-refractivity contribution in [3.8, 4) is 5.75 Å². The highest BCUT2D eigenvalue weighted by atomic mass is 16.6. The van der Waals surface area contributed by atoms with Crippen molar-refractivity contribution < 1.29 is 19.2 Å². The van der Waals surface area contributed by atoms with Gasteiger partial charge in [-0.15, -0.1) is 0 Å². The van der Waals surface area contributed by atoms with Gasteiger partial charge in [0.2, 0.25) is 5.91 Å². The number of ketones is 1. The highest BCUT2D eigenvalue weighted by molar-refractivity contribution is 6.00. The number of benzene rings is 2. The van der Waals surface area contributed by atoms with E-state index >= 15 is 0 Å². The number of para-hydroxylation sites is 1. The third kappa shape index (κ3) is 3.89. The summed E-state index contributed by atoms with van der Waals surface area (Å²) in [6, 6.07) is 13.4. The molecule has 0 aromatic heterocycles. The number of Topliss-reactive ketones (excluding diaryl/α,β-unsaturated/α-hetero) is 1. The van der Waals surface area contributed by atoms with Crippen molar-refractivity contribution in [1.82, 2.24) is 4.90 Å². The van der Waals surface area contributed by atoms with Gasteiger partial charge < -0.3 is 9.64 Å². The van der Waals surface area contributed by atoms with Crippen LogP contribution in [0.3, 0.4) is 0 Å². The van der Waals surface area contributed by atoms with Crippen molar-refractivity contribution in [2.45, 2.75) is 24.9 Å². The molecule has 29 heavy (non-hydrogen) atoms. The number of carbonyl (C=O) groups excluding carboxylic acids is 2.